The zero-order valence-electron chi connectivity index (χ0n) is 22.5. The molecular weight excluding hydrogens is 504 g/mol. The number of hydrogen-bond donors (Lipinski definition) is 0. The van der Waals surface area contributed by atoms with Gasteiger partial charge in [-0.15, -0.1) is 0 Å². The molecule has 4 nitrogen and oxygen atoms in total. The molecule has 0 bridgehead atoms. The second-order valence-corrected chi connectivity index (χ2v) is 10.6. The molecule has 0 saturated heterocycles. The lowest BCUT2D eigenvalue weighted by Gasteiger charge is -2.26. The smallest absolute Gasteiger partial charge is 0.328 e. The highest BCUT2D eigenvalue weighted by Crippen LogP contribution is 2.31. The maximum absolute atomic E-state index is 12.9. The van der Waals surface area contributed by atoms with E-state index in [1.54, 1.807) is 24.3 Å². The Kier molecular flexibility index (Phi) is 17.9. The second-order valence-electron chi connectivity index (χ2n) is 9.72. The molecule has 5 heteroatoms. The minimum Gasteiger partial charge on any atom is -0.465 e. The molecule has 0 radical (unpaired) electrons. The van der Waals surface area contributed by atoms with Gasteiger partial charge in [0, 0.05) is 4.47 Å². The van der Waals surface area contributed by atoms with E-state index in [0.29, 0.717) is 25.2 Å². The summed E-state index contributed by atoms with van der Waals surface area (Å²) in [5.74, 6) is -0.569. The molecule has 200 valence electrons. The Hall–Kier alpha value is -1.36. The molecule has 0 aliphatic carbocycles. The minimum atomic E-state index is -1.25. The van der Waals surface area contributed by atoms with Gasteiger partial charge in [0.1, 0.15) is 5.75 Å². The fourth-order valence-electron chi connectivity index (χ4n) is 4.39. The van der Waals surface area contributed by atoms with Crippen LogP contribution in [0.25, 0.3) is 0 Å². The van der Waals surface area contributed by atoms with Crippen molar-refractivity contribution in [3.63, 3.8) is 0 Å². The van der Waals surface area contributed by atoms with Gasteiger partial charge >= 0.3 is 11.9 Å². The van der Waals surface area contributed by atoms with Gasteiger partial charge in [0.15, 0.2) is 5.41 Å². The number of hydrogen-bond acceptors (Lipinski definition) is 4. The van der Waals surface area contributed by atoms with Crippen LogP contribution in [0.1, 0.15) is 130 Å². The summed E-state index contributed by atoms with van der Waals surface area (Å²) in [6.07, 6.45) is 20.2. The van der Waals surface area contributed by atoms with Gasteiger partial charge in [-0.05, 0) is 43.5 Å². The SMILES string of the molecule is CCCCCCCCCCCCCCCCCOC(=O)C(CC)(CC)C(=O)Oc1ccc(Br)cc1. The number of unbranched alkanes of at least 4 members (excludes halogenated alkanes) is 14. The van der Waals surface area contributed by atoms with Gasteiger partial charge in [-0.2, -0.15) is 0 Å². The summed E-state index contributed by atoms with van der Waals surface area (Å²) in [5.41, 5.74) is -1.25. The second kappa shape index (κ2) is 19.8. The fraction of sp³-hybridized carbons (Fsp3) is 0.733. The lowest BCUT2D eigenvalue weighted by Crippen LogP contribution is -2.42. The molecule has 0 atom stereocenters. The molecule has 0 saturated carbocycles. The van der Waals surface area contributed by atoms with E-state index in [9.17, 15) is 9.59 Å². The predicted octanol–water partition coefficient (Wildman–Crippen LogP) is 9.58. The summed E-state index contributed by atoms with van der Waals surface area (Å²) >= 11 is 3.36. The van der Waals surface area contributed by atoms with E-state index in [1.807, 2.05) is 13.8 Å². The van der Waals surface area contributed by atoms with E-state index >= 15 is 0 Å². The summed E-state index contributed by atoms with van der Waals surface area (Å²) in [6, 6.07) is 7.02. The number of ether oxygens (including phenoxy) is 2. The van der Waals surface area contributed by atoms with Crippen LogP contribution in [-0.2, 0) is 14.3 Å². The maximum Gasteiger partial charge on any atom is 0.328 e. The van der Waals surface area contributed by atoms with Crippen LogP contribution in [0.5, 0.6) is 5.75 Å². The predicted molar refractivity (Wildman–Crippen MR) is 149 cm³/mol. The van der Waals surface area contributed by atoms with Crippen molar-refractivity contribution in [2.75, 3.05) is 6.61 Å². The normalized spacial score (nSPS) is 11.4. The third kappa shape index (κ3) is 13.0. The third-order valence-electron chi connectivity index (χ3n) is 6.99. The molecule has 0 heterocycles. The summed E-state index contributed by atoms with van der Waals surface area (Å²) in [7, 11) is 0. The molecule has 0 unspecified atom stereocenters. The Morgan fingerprint density at radius 2 is 1.09 bits per heavy atom. The molecule has 1 rings (SSSR count). The highest BCUT2D eigenvalue weighted by molar-refractivity contribution is 9.10. The van der Waals surface area contributed by atoms with Crippen molar-refractivity contribution in [1.29, 1.82) is 0 Å². The molecule has 0 aromatic heterocycles. The van der Waals surface area contributed by atoms with Crippen LogP contribution < -0.4 is 4.74 Å². The molecule has 0 aliphatic heterocycles. The molecule has 0 N–H and O–H groups in total. The fourth-order valence-corrected chi connectivity index (χ4v) is 4.66. The third-order valence-corrected chi connectivity index (χ3v) is 7.52. The summed E-state index contributed by atoms with van der Waals surface area (Å²) < 4.78 is 11.9. The highest BCUT2D eigenvalue weighted by atomic mass is 79.9. The molecular formula is C30H49BrO4. The van der Waals surface area contributed by atoms with E-state index in [4.69, 9.17) is 9.47 Å². The number of carbonyl (C=O) groups is 2. The van der Waals surface area contributed by atoms with Gasteiger partial charge in [-0.1, -0.05) is 127 Å². The van der Waals surface area contributed by atoms with Crippen LogP contribution in [0.15, 0.2) is 28.7 Å². The Morgan fingerprint density at radius 3 is 1.51 bits per heavy atom. The van der Waals surface area contributed by atoms with Crippen molar-refractivity contribution >= 4 is 27.9 Å². The van der Waals surface area contributed by atoms with Crippen molar-refractivity contribution < 1.29 is 19.1 Å². The molecule has 1 aromatic carbocycles. The number of esters is 2. The van der Waals surface area contributed by atoms with Crippen LogP contribution in [0.2, 0.25) is 0 Å². The van der Waals surface area contributed by atoms with Crippen molar-refractivity contribution in [3.8, 4) is 5.75 Å². The topological polar surface area (TPSA) is 52.6 Å². The van der Waals surface area contributed by atoms with Crippen LogP contribution >= 0.6 is 15.9 Å². The number of halogens is 1. The average molecular weight is 554 g/mol. The lowest BCUT2D eigenvalue weighted by molar-refractivity contribution is -0.168. The van der Waals surface area contributed by atoms with Crippen LogP contribution in [0.4, 0.5) is 0 Å². The summed E-state index contributed by atoms with van der Waals surface area (Å²) in [5, 5.41) is 0. The molecule has 0 amide bonds. The Balaban J connectivity index is 2.14. The minimum absolute atomic E-state index is 0.358. The van der Waals surface area contributed by atoms with E-state index in [-0.39, 0.29) is 0 Å². The largest absolute Gasteiger partial charge is 0.465 e. The monoisotopic (exact) mass is 552 g/mol. The lowest BCUT2D eigenvalue weighted by atomic mass is 9.82. The van der Waals surface area contributed by atoms with Gasteiger partial charge in [0.2, 0.25) is 0 Å². The number of benzene rings is 1. The first-order chi connectivity index (χ1) is 17.0. The van der Waals surface area contributed by atoms with Gasteiger partial charge in [-0.25, -0.2) is 0 Å². The molecule has 1 aromatic rings. The van der Waals surface area contributed by atoms with Crippen LogP contribution in [-0.4, -0.2) is 18.5 Å². The van der Waals surface area contributed by atoms with E-state index in [2.05, 4.69) is 22.9 Å². The first-order valence-electron chi connectivity index (χ1n) is 14.1. The van der Waals surface area contributed by atoms with Gasteiger partial charge < -0.3 is 9.47 Å². The summed E-state index contributed by atoms with van der Waals surface area (Å²) in [6.45, 7) is 6.30. The Labute approximate surface area is 223 Å². The number of rotatable bonds is 21. The highest BCUT2D eigenvalue weighted by Gasteiger charge is 2.46. The maximum atomic E-state index is 12.9. The van der Waals surface area contributed by atoms with E-state index in [1.165, 1.54) is 83.5 Å². The number of carbonyl (C=O) groups excluding carboxylic acids is 2. The van der Waals surface area contributed by atoms with Crippen molar-refractivity contribution in [1.82, 2.24) is 0 Å². The van der Waals surface area contributed by atoms with E-state index < -0.39 is 17.4 Å². The molecule has 35 heavy (non-hydrogen) atoms. The van der Waals surface area contributed by atoms with Gasteiger partial charge in [0.25, 0.3) is 0 Å². The summed E-state index contributed by atoms with van der Waals surface area (Å²) in [4.78, 5) is 25.7. The Morgan fingerprint density at radius 1 is 0.657 bits per heavy atom. The quantitative estimate of drug-likeness (QED) is 0.0658. The van der Waals surface area contributed by atoms with Crippen molar-refractivity contribution in [3.05, 3.63) is 28.7 Å². The molecule has 0 fully saturated rings. The molecule has 0 spiro atoms. The Bertz CT molecular complexity index is 682. The average Bonchev–Trinajstić information content (AvgIpc) is 2.86. The van der Waals surface area contributed by atoms with Gasteiger partial charge in [0.05, 0.1) is 6.61 Å². The first-order valence-corrected chi connectivity index (χ1v) is 14.9. The first kappa shape index (κ1) is 31.7. The van der Waals surface area contributed by atoms with Crippen LogP contribution in [0, 0.1) is 5.41 Å². The van der Waals surface area contributed by atoms with Gasteiger partial charge in [-0.3, -0.25) is 9.59 Å². The molecule has 0 aliphatic rings. The van der Waals surface area contributed by atoms with E-state index in [0.717, 1.165) is 17.3 Å². The van der Waals surface area contributed by atoms with Crippen molar-refractivity contribution in [2.45, 2.75) is 130 Å². The standard InChI is InChI=1S/C30H49BrO4/c1-4-7-8-9-10-11-12-13-14-15-16-17-18-19-20-25-34-28(32)30(5-2,6-3)29(33)35-27-23-21-26(31)22-24-27/h21-24H,4-20,25H2,1-3H3. The van der Waals surface area contributed by atoms with Crippen molar-refractivity contribution in [2.24, 2.45) is 5.41 Å². The van der Waals surface area contributed by atoms with Crippen LogP contribution in [0.3, 0.4) is 0 Å². The zero-order chi connectivity index (χ0) is 25.8. The zero-order valence-corrected chi connectivity index (χ0v) is 24.1.